The molecule has 0 aliphatic heterocycles. The zero-order chi connectivity index (χ0) is 17.2. The van der Waals surface area contributed by atoms with Crippen LogP contribution in [0.3, 0.4) is 0 Å². The van der Waals surface area contributed by atoms with E-state index in [4.69, 9.17) is 0 Å². The van der Waals surface area contributed by atoms with Gasteiger partial charge in [0.2, 0.25) is 0 Å². The fourth-order valence-corrected chi connectivity index (χ4v) is 3.68. The standard InChI is InChI=1S/C19H23N5O/c1-24(10-13-4-2-3-5-13)19-16-18(20-12-21-19)23-17(22-16)15-8-6-14(11-25)7-9-15/h6-9,12-13,25H,2-5,10-11H2,1H3,(H,20,21,22,23). The second kappa shape index (κ2) is 6.80. The average Bonchev–Trinajstić information content (AvgIpc) is 3.30. The second-order valence-corrected chi connectivity index (χ2v) is 6.87. The van der Waals surface area contributed by atoms with Crippen molar-refractivity contribution in [2.45, 2.75) is 32.3 Å². The summed E-state index contributed by atoms with van der Waals surface area (Å²) in [6.07, 6.45) is 6.89. The molecule has 1 saturated carbocycles. The summed E-state index contributed by atoms with van der Waals surface area (Å²) in [5.74, 6) is 2.43. The van der Waals surface area contributed by atoms with Gasteiger partial charge in [0.05, 0.1) is 6.61 Å². The van der Waals surface area contributed by atoms with Crippen molar-refractivity contribution in [2.24, 2.45) is 5.92 Å². The van der Waals surface area contributed by atoms with E-state index in [0.717, 1.165) is 40.7 Å². The molecule has 130 valence electrons. The van der Waals surface area contributed by atoms with E-state index < -0.39 is 0 Å². The molecule has 1 aliphatic rings. The van der Waals surface area contributed by atoms with Gasteiger partial charge < -0.3 is 15.0 Å². The quantitative estimate of drug-likeness (QED) is 0.748. The number of aliphatic hydroxyl groups is 1. The number of aliphatic hydroxyl groups excluding tert-OH is 1. The Morgan fingerprint density at radius 2 is 1.92 bits per heavy atom. The van der Waals surface area contributed by atoms with Gasteiger partial charge >= 0.3 is 0 Å². The minimum absolute atomic E-state index is 0.0436. The van der Waals surface area contributed by atoms with Crippen LogP contribution in [0.5, 0.6) is 0 Å². The molecule has 2 N–H and O–H groups in total. The van der Waals surface area contributed by atoms with Gasteiger partial charge in [-0.1, -0.05) is 37.1 Å². The summed E-state index contributed by atoms with van der Waals surface area (Å²) in [5.41, 5.74) is 3.42. The predicted octanol–water partition coefficient (Wildman–Crippen LogP) is 3.14. The van der Waals surface area contributed by atoms with Crippen LogP contribution in [0.25, 0.3) is 22.6 Å². The highest BCUT2D eigenvalue weighted by Gasteiger charge is 2.20. The van der Waals surface area contributed by atoms with E-state index in [1.54, 1.807) is 6.33 Å². The zero-order valence-electron chi connectivity index (χ0n) is 14.4. The van der Waals surface area contributed by atoms with Crippen molar-refractivity contribution in [1.82, 2.24) is 19.9 Å². The zero-order valence-corrected chi connectivity index (χ0v) is 14.4. The fraction of sp³-hybridized carbons (Fsp3) is 0.421. The van der Waals surface area contributed by atoms with Crippen molar-refractivity contribution in [3.8, 4) is 11.4 Å². The van der Waals surface area contributed by atoms with Gasteiger partial charge in [-0.15, -0.1) is 0 Å². The number of nitrogens with one attached hydrogen (secondary N) is 1. The van der Waals surface area contributed by atoms with Crippen LogP contribution in [0, 0.1) is 5.92 Å². The summed E-state index contributed by atoms with van der Waals surface area (Å²) in [6.45, 7) is 1.06. The van der Waals surface area contributed by atoms with Crippen molar-refractivity contribution in [1.29, 1.82) is 0 Å². The molecule has 25 heavy (non-hydrogen) atoms. The van der Waals surface area contributed by atoms with Crippen LogP contribution in [-0.4, -0.2) is 38.6 Å². The average molecular weight is 337 g/mol. The molecule has 0 unspecified atom stereocenters. The van der Waals surface area contributed by atoms with E-state index in [2.05, 4.69) is 31.9 Å². The first-order chi connectivity index (χ1) is 12.2. The molecule has 0 radical (unpaired) electrons. The Morgan fingerprint density at radius 3 is 2.64 bits per heavy atom. The molecular formula is C19H23N5O. The van der Waals surface area contributed by atoms with Crippen LogP contribution in [-0.2, 0) is 6.61 Å². The van der Waals surface area contributed by atoms with Gasteiger partial charge in [0, 0.05) is 19.2 Å². The minimum atomic E-state index is 0.0436. The topological polar surface area (TPSA) is 77.9 Å². The highest BCUT2D eigenvalue weighted by atomic mass is 16.3. The number of nitrogens with zero attached hydrogens (tertiary/aromatic N) is 4. The number of aromatic amines is 1. The third kappa shape index (κ3) is 3.22. The molecule has 2 heterocycles. The highest BCUT2D eigenvalue weighted by Crippen LogP contribution is 2.29. The summed E-state index contributed by atoms with van der Waals surface area (Å²) >= 11 is 0. The van der Waals surface area contributed by atoms with Gasteiger partial charge in [-0.3, -0.25) is 0 Å². The summed E-state index contributed by atoms with van der Waals surface area (Å²) in [6, 6.07) is 7.72. The van der Waals surface area contributed by atoms with Crippen molar-refractivity contribution in [3.63, 3.8) is 0 Å². The molecule has 1 aromatic carbocycles. The van der Waals surface area contributed by atoms with Crippen LogP contribution >= 0.6 is 0 Å². The fourth-order valence-electron chi connectivity index (χ4n) is 3.68. The number of H-pyrrole nitrogens is 1. The number of anilines is 1. The van der Waals surface area contributed by atoms with Crippen LogP contribution in [0.2, 0.25) is 0 Å². The molecule has 0 spiro atoms. The minimum Gasteiger partial charge on any atom is -0.392 e. The van der Waals surface area contributed by atoms with E-state index in [0.29, 0.717) is 5.65 Å². The number of hydrogen-bond donors (Lipinski definition) is 2. The monoisotopic (exact) mass is 337 g/mol. The molecule has 0 saturated heterocycles. The Balaban J connectivity index is 1.65. The van der Waals surface area contributed by atoms with Gasteiger partial charge in [-0.25, -0.2) is 15.0 Å². The van der Waals surface area contributed by atoms with E-state index >= 15 is 0 Å². The van der Waals surface area contributed by atoms with Gasteiger partial charge in [-0.05, 0) is 24.3 Å². The number of rotatable bonds is 5. The molecule has 6 nitrogen and oxygen atoms in total. The smallest absolute Gasteiger partial charge is 0.183 e. The molecule has 0 amide bonds. The Kier molecular flexibility index (Phi) is 4.36. The highest BCUT2D eigenvalue weighted by molar-refractivity contribution is 5.85. The maximum atomic E-state index is 9.18. The molecule has 1 fully saturated rings. The number of benzene rings is 1. The Labute approximate surface area is 147 Å². The molecular weight excluding hydrogens is 314 g/mol. The third-order valence-corrected chi connectivity index (χ3v) is 5.05. The van der Waals surface area contributed by atoms with Crippen LogP contribution in [0.15, 0.2) is 30.6 Å². The molecule has 4 rings (SSSR count). The first-order valence-corrected chi connectivity index (χ1v) is 8.86. The largest absolute Gasteiger partial charge is 0.392 e. The van der Waals surface area contributed by atoms with Gasteiger partial charge in [-0.2, -0.15) is 0 Å². The van der Waals surface area contributed by atoms with E-state index in [1.165, 1.54) is 25.7 Å². The van der Waals surface area contributed by atoms with Crippen molar-refractivity contribution >= 4 is 17.0 Å². The summed E-state index contributed by atoms with van der Waals surface area (Å²) < 4.78 is 0. The molecule has 0 atom stereocenters. The van der Waals surface area contributed by atoms with Crippen LogP contribution < -0.4 is 4.90 Å². The van der Waals surface area contributed by atoms with Crippen molar-refractivity contribution in [3.05, 3.63) is 36.2 Å². The summed E-state index contributed by atoms with van der Waals surface area (Å²) in [7, 11) is 2.09. The lowest BCUT2D eigenvalue weighted by Gasteiger charge is -2.22. The lowest BCUT2D eigenvalue weighted by Crippen LogP contribution is -2.25. The molecule has 3 aromatic rings. The number of imidazole rings is 1. The first-order valence-electron chi connectivity index (χ1n) is 8.86. The van der Waals surface area contributed by atoms with Gasteiger partial charge in [0.1, 0.15) is 17.7 Å². The first kappa shape index (κ1) is 16.0. The number of aromatic nitrogens is 4. The van der Waals surface area contributed by atoms with E-state index in [1.807, 2.05) is 24.3 Å². The second-order valence-electron chi connectivity index (χ2n) is 6.87. The maximum Gasteiger partial charge on any atom is 0.183 e. The van der Waals surface area contributed by atoms with Crippen molar-refractivity contribution < 1.29 is 5.11 Å². The third-order valence-electron chi connectivity index (χ3n) is 5.05. The molecule has 0 bridgehead atoms. The Bertz CT molecular complexity index is 852. The summed E-state index contributed by atoms with van der Waals surface area (Å²) in [4.78, 5) is 19.0. The molecule has 1 aliphatic carbocycles. The summed E-state index contributed by atoms with van der Waals surface area (Å²) in [5, 5.41) is 9.18. The van der Waals surface area contributed by atoms with E-state index in [9.17, 15) is 5.11 Å². The molecule has 2 aromatic heterocycles. The van der Waals surface area contributed by atoms with Crippen LogP contribution in [0.1, 0.15) is 31.2 Å². The predicted molar refractivity (Wildman–Crippen MR) is 98.3 cm³/mol. The number of fused-ring (bicyclic) bond motifs is 1. The van der Waals surface area contributed by atoms with E-state index in [-0.39, 0.29) is 6.61 Å². The van der Waals surface area contributed by atoms with Crippen molar-refractivity contribution in [2.75, 3.05) is 18.5 Å². The Hall–Kier alpha value is -2.47. The van der Waals surface area contributed by atoms with Gasteiger partial charge in [0.25, 0.3) is 0 Å². The lowest BCUT2D eigenvalue weighted by molar-refractivity contribution is 0.282. The molecule has 6 heteroatoms. The van der Waals surface area contributed by atoms with Crippen LogP contribution in [0.4, 0.5) is 5.82 Å². The lowest BCUT2D eigenvalue weighted by atomic mass is 10.1. The Morgan fingerprint density at radius 1 is 1.16 bits per heavy atom. The van der Waals surface area contributed by atoms with Gasteiger partial charge in [0.15, 0.2) is 11.5 Å². The normalized spacial score (nSPS) is 15.1. The maximum absolute atomic E-state index is 9.18. The SMILES string of the molecule is CN(CC1CCCC1)c1ncnc2nc(-c3ccc(CO)cc3)[nH]c12. The number of hydrogen-bond acceptors (Lipinski definition) is 5.